The van der Waals surface area contributed by atoms with Crippen LogP contribution in [0.4, 0.5) is 0 Å². The third-order valence-corrected chi connectivity index (χ3v) is 4.07. The minimum absolute atomic E-state index is 0.0496. The van der Waals surface area contributed by atoms with Crippen molar-refractivity contribution in [2.75, 3.05) is 13.2 Å². The summed E-state index contributed by atoms with van der Waals surface area (Å²) in [6, 6.07) is 6.11. The Bertz CT molecular complexity index is 429. The lowest BCUT2D eigenvalue weighted by atomic mass is 9.84. The summed E-state index contributed by atoms with van der Waals surface area (Å²) in [6.45, 7) is 1.50. The number of ether oxygens (including phenoxy) is 2. The summed E-state index contributed by atoms with van der Waals surface area (Å²) in [6.07, 6.45) is 2.93. The van der Waals surface area contributed by atoms with Crippen LogP contribution < -0.4 is 10.5 Å². The van der Waals surface area contributed by atoms with Crippen LogP contribution in [0, 0.1) is 0 Å². The van der Waals surface area contributed by atoms with Crippen LogP contribution >= 0.6 is 15.9 Å². The number of hydrogen-bond acceptors (Lipinski definition) is 3. The van der Waals surface area contributed by atoms with Gasteiger partial charge in [-0.05, 0) is 25.0 Å². The Morgan fingerprint density at radius 3 is 3.06 bits per heavy atom. The molecule has 0 aliphatic carbocycles. The number of benzene rings is 1. The molecule has 1 fully saturated rings. The lowest BCUT2D eigenvalue weighted by Crippen LogP contribution is -2.49. The van der Waals surface area contributed by atoms with Gasteiger partial charge in [-0.1, -0.05) is 22.0 Å². The molecule has 2 atom stereocenters. The summed E-state index contributed by atoms with van der Waals surface area (Å²) in [5.74, 6) is 0.906. The molecule has 2 aliphatic rings. The maximum Gasteiger partial charge on any atom is 0.134 e. The lowest BCUT2D eigenvalue weighted by molar-refractivity contribution is -0.0833. The third kappa shape index (κ3) is 2.09. The van der Waals surface area contributed by atoms with Crippen molar-refractivity contribution < 1.29 is 9.47 Å². The molecule has 92 valence electrons. The second kappa shape index (κ2) is 4.26. The summed E-state index contributed by atoms with van der Waals surface area (Å²) >= 11 is 3.47. The summed E-state index contributed by atoms with van der Waals surface area (Å²) in [4.78, 5) is 0. The average molecular weight is 298 g/mol. The van der Waals surface area contributed by atoms with Crippen LogP contribution in [-0.2, 0) is 4.74 Å². The van der Waals surface area contributed by atoms with E-state index in [0.717, 1.165) is 41.7 Å². The molecule has 3 rings (SSSR count). The van der Waals surface area contributed by atoms with Gasteiger partial charge in [0.1, 0.15) is 11.4 Å². The predicted molar refractivity (Wildman–Crippen MR) is 69.1 cm³/mol. The molecular weight excluding hydrogens is 282 g/mol. The molecule has 2 heterocycles. The Hall–Kier alpha value is -0.580. The zero-order chi connectivity index (χ0) is 11.9. The molecule has 0 radical (unpaired) electrons. The van der Waals surface area contributed by atoms with E-state index in [1.165, 1.54) is 0 Å². The first-order valence-electron chi connectivity index (χ1n) is 6.00. The van der Waals surface area contributed by atoms with Crippen molar-refractivity contribution in [2.45, 2.75) is 30.9 Å². The molecular formula is C13H16BrNO2. The van der Waals surface area contributed by atoms with Gasteiger partial charge in [-0.15, -0.1) is 0 Å². The summed E-state index contributed by atoms with van der Waals surface area (Å²) in [5.41, 5.74) is 7.15. The number of rotatable bonds is 0. The van der Waals surface area contributed by atoms with E-state index >= 15 is 0 Å². The molecule has 1 aromatic rings. The van der Waals surface area contributed by atoms with Gasteiger partial charge < -0.3 is 15.2 Å². The first-order chi connectivity index (χ1) is 8.19. The van der Waals surface area contributed by atoms with Crippen LogP contribution in [-0.4, -0.2) is 18.8 Å². The highest BCUT2D eigenvalue weighted by atomic mass is 79.9. The summed E-state index contributed by atoms with van der Waals surface area (Å²) < 4.78 is 12.8. The maximum absolute atomic E-state index is 6.25. The molecule has 1 spiro atoms. The van der Waals surface area contributed by atoms with Gasteiger partial charge in [-0.2, -0.15) is 0 Å². The Morgan fingerprint density at radius 1 is 1.41 bits per heavy atom. The minimum Gasteiger partial charge on any atom is -0.484 e. The van der Waals surface area contributed by atoms with Gasteiger partial charge in [0.2, 0.25) is 0 Å². The van der Waals surface area contributed by atoms with Gasteiger partial charge >= 0.3 is 0 Å². The zero-order valence-electron chi connectivity index (χ0n) is 9.62. The fraction of sp³-hybridized carbons (Fsp3) is 0.538. The highest BCUT2D eigenvalue weighted by Gasteiger charge is 2.41. The SMILES string of the molecule is N[C@@H]1CC2(CCCOC2)Oc2cc(Br)ccc21. The molecule has 1 aromatic carbocycles. The van der Waals surface area contributed by atoms with E-state index < -0.39 is 0 Å². The van der Waals surface area contributed by atoms with Crippen LogP contribution in [0.2, 0.25) is 0 Å². The average Bonchev–Trinajstić information content (AvgIpc) is 2.29. The predicted octanol–water partition coefficient (Wildman–Crippen LogP) is 2.78. The number of halogens is 1. The third-order valence-electron chi connectivity index (χ3n) is 3.58. The van der Waals surface area contributed by atoms with E-state index in [0.29, 0.717) is 6.61 Å². The normalized spacial score (nSPS) is 32.0. The molecule has 17 heavy (non-hydrogen) atoms. The number of fused-ring (bicyclic) bond motifs is 1. The molecule has 3 nitrogen and oxygen atoms in total. The molecule has 2 aliphatic heterocycles. The van der Waals surface area contributed by atoms with Crippen LogP contribution in [0.5, 0.6) is 5.75 Å². The van der Waals surface area contributed by atoms with Gasteiger partial charge in [0.05, 0.1) is 6.61 Å². The molecule has 1 unspecified atom stereocenters. The zero-order valence-corrected chi connectivity index (χ0v) is 11.2. The highest BCUT2D eigenvalue weighted by Crippen LogP contribution is 2.42. The topological polar surface area (TPSA) is 44.5 Å². The van der Waals surface area contributed by atoms with Crippen LogP contribution in [0.25, 0.3) is 0 Å². The molecule has 1 saturated heterocycles. The molecule has 2 N–H and O–H groups in total. The van der Waals surface area contributed by atoms with E-state index in [1.807, 2.05) is 18.2 Å². The van der Waals surface area contributed by atoms with Crippen LogP contribution in [0.3, 0.4) is 0 Å². The van der Waals surface area contributed by atoms with E-state index in [4.69, 9.17) is 15.2 Å². The standard InChI is InChI=1S/C13H16BrNO2/c14-9-2-3-10-11(15)7-13(17-12(10)6-9)4-1-5-16-8-13/h2-3,6,11H,1,4-5,7-8,15H2/t11-,13?/m1/s1. The van der Waals surface area contributed by atoms with Crippen molar-refractivity contribution >= 4 is 15.9 Å². The smallest absolute Gasteiger partial charge is 0.134 e. The first kappa shape index (κ1) is 11.5. The molecule has 0 saturated carbocycles. The Morgan fingerprint density at radius 2 is 2.29 bits per heavy atom. The van der Waals surface area contributed by atoms with Gasteiger partial charge in [0.15, 0.2) is 0 Å². The summed E-state index contributed by atoms with van der Waals surface area (Å²) in [7, 11) is 0. The van der Waals surface area contributed by atoms with Crippen molar-refractivity contribution in [1.29, 1.82) is 0 Å². The van der Waals surface area contributed by atoms with Crippen LogP contribution in [0.1, 0.15) is 30.9 Å². The second-order valence-corrected chi connectivity index (χ2v) is 5.85. The van der Waals surface area contributed by atoms with Crippen LogP contribution in [0.15, 0.2) is 22.7 Å². The van der Waals surface area contributed by atoms with Gasteiger partial charge in [-0.25, -0.2) is 0 Å². The maximum atomic E-state index is 6.25. The van der Waals surface area contributed by atoms with Crippen molar-refractivity contribution in [1.82, 2.24) is 0 Å². The van der Waals surface area contributed by atoms with Crippen molar-refractivity contribution in [3.63, 3.8) is 0 Å². The van der Waals surface area contributed by atoms with E-state index in [1.54, 1.807) is 0 Å². The Kier molecular flexibility index (Phi) is 2.89. The van der Waals surface area contributed by atoms with Crippen molar-refractivity contribution in [3.8, 4) is 5.75 Å². The Balaban J connectivity index is 1.95. The second-order valence-electron chi connectivity index (χ2n) is 4.93. The van der Waals surface area contributed by atoms with E-state index in [-0.39, 0.29) is 11.6 Å². The molecule has 0 aromatic heterocycles. The largest absolute Gasteiger partial charge is 0.484 e. The lowest BCUT2D eigenvalue weighted by Gasteiger charge is -2.43. The van der Waals surface area contributed by atoms with Gasteiger partial charge in [0.25, 0.3) is 0 Å². The monoisotopic (exact) mass is 297 g/mol. The van der Waals surface area contributed by atoms with E-state index in [2.05, 4.69) is 15.9 Å². The summed E-state index contributed by atoms with van der Waals surface area (Å²) in [5, 5.41) is 0. The van der Waals surface area contributed by atoms with E-state index in [9.17, 15) is 0 Å². The Labute approximate surface area is 109 Å². The minimum atomic E-state index is -0.203. The van der Waals surface area contributed by atoms with Crippen molar-refractivity contribution in [3.05, 3.63) is 28.2 Å². The number of nitrogens with two attached hydrogens (primary N) is 1. The van der Waals surface area contributed by atoms with Gasteiger partial charge in [0, 0.05) is 29.1 Å². The van der Waals surface area contributed by atoms with Gasteiger partial charge in [-0.3, -0.25) is 0 Å². The first-order valence-corrected chi connectivity index (χ1v) is 6.80. The molecule has 0 amide bonds. The fourth-order valence-electron chi connectivity index (χ4n) is 2.76. The van der Waals surface area contributed by atoms with Crippen molar-refractivity contribution in [2.24, 2.45) is 5.73 Å². The quantitative estimate of drug-likeness (QED) is 0.801. The molecule has 4 heteroatoms. The highest BCUT2D eigenvalue weighted by molar-refractivity contribution is 9.10. The molecule has 0 bridgehead atoms. The fourth-order valence-corrected chi connectivity index (χ4v) is 3.10. The number of hydrogen-bond donors (Lipinski definition) is 1.